The summed E-state index contributed by atoms with van der Waals surface area (Å²) in [5.74, 6) is 0.503. The van der Waals surface area contributed by atoms with Crippen LogP contribution in [0.5, 0.6) is 0 Å². The summed E-state index contributed by atoms with van der Waals surface area (Å²) in [6.45, 7) is 5.57. The van der Waals surface area contributed by atoms with Gasteiger partial charge in [0.1, 0.15) is 5.60 Å². The van der Waals surface area contributed by atoms with Crippen LogP contribution in [0.2, 0.25) is 0 Å². The number of ether oxygens (including phenoxy) is 1. The van der Waals surface area contributed by atoms with Crippen molar-refractivity contribution in [2.75, 3.05) is 0 Å². The maximum Gasteiger partial charge on any atom is 0.408 e. The monoisotopic (exact) mass is 237 g/mol. The molecule has 2 rings (SSSR count). The SMILES string of the molecule is CC(C)(C)OC(=O)N[C@H](c1ccn[nH]1)C1CC1. The van der Waals surface area contributed by atoms with E-state index in [1.165, 1.54) is 0 Å². The molecular formula is C12H19N3O2. The molecule has 1 aromatic rings. The summed E-state index contributed by atoms with van der Waals surface area (Å²) in [6, 6.07) is 1.88. The predicted octanol–water partition coefficient (Wildman–Crippen LogP) is 2.39. The van der Waals surface area contributed by atoms with Crippen molar-refractivity contribution < 1.29 is 9.53 Å². The summed E-state index contributed by atoms with van der Waals surface area (Å²) in [4.78, 5) is 11.7. The summed E-state index contributed by atoms with van der Waals surface area (Å²) < 4.78 is 5.26. The third-order valence-electron chi connectivity index (χ3n) is 2.62. The van der Waals surface area contributed by atoms with E-state index in [4.69, 9.17) is 4.74 Å². The van der Waals surface area contributed by atoms with E-state index in [-0.39, 0.29) is 12.1 Å². The number of rotatable bonds is 3. The minimum Gasteiger partial charge on any atom is -0.444 e. The van der Waals surface area contributed by atoms with Gasteiger partial charge >= 0.3 is 6.09 Å². The summed E-state index contributed by atoms with van der Waals surface area (Å²) >= 11 is 0. The molecule has 94 valence electrons. The van der Waals surface area contributed by atoms with Crippen molar-refractivity contribution >= 4 is 6.09 Å². The number of carbonyl (C=O) groups excluding carboxylic acids is 1. The standard InChI is InChI=1S/C12H19N3O2/c1-12(2,3)17-11(16)14-10(8-4-5-8)9-6-7-13-15-9/h6-8,10H,4-5H2,1-3H3,(H,13,15)(H,14,16)/t10-/m0/s1. The van der Waals surface area contributed by atoms with Gasteiger partial charge in [-0.15, -0.1) is 0 Å². The van der Waals surface area contributed by atoms with Crippen molar-refractivity contribution in [1.29, 1.82) is 0 Å². The van der Waals surface area contributed by atoms with Gasteiger partial charge in [-0.05, 0) is 45.6 Å². The van der Waals surface area contributed by atoms with Crippen LogP contribution in [0.4, 0.5) is 4.79 Å². The number of aromatic amines is 1. The van der Waals surface area contributed by atoms with Crippen LogP contribution in [0, 0.1) is 5.92 Å². The van der Waals surface area contributed by atoms with Gasteiger partial charge in [0.25, 0.3) is 0 Å². The Morgan fingerprint density at radius 2 is 2.29 bits per heavy atom. The second-order valence-corrected chi connectivity index (χ2v) is 5.47. The van der Waals surface area contributed by atoms with Crippen molar-refractivity contribution in [2.45, 2.75) is 45.3 Å². The maximum absolute atomic E-state index is 11.7. The molecule has 5 heteroatoms. The van der Waals surface area contributed by atoms with Gasteiger partial charge < -0.3 is 10.1 Å². The minimum absolute atomic E-state index is 0.00708. The highest BCUT2D eigenvalue weighted by atomic mass is 16.6. The zero-order valence-corrected chi connectivity index (χ0v) is 10.5. The first-order valence-electron chi connectivity index (χ1n) is 5.94. The van der Waals surface area contributed by atoms with E-state index in [1.807, 2.05) is 26.8 Å². The lowest BCUT2D eigenvalue weighted by atomic mass is 10.1. The van der Waals surface area contributed by atoms with Gasteiger partial charge in [0.15, 0.2) is 0 Å². The highest BCUT2D eigenvalue weighted by Crippen LogP contribution is 2.40. The lowest BCUT2D eigenvalue weighted by molar-refractivity contribution is 0.0496. The summed E-state index contributed by atoms with van der Waals surface area (Å²) in [5, 5.41) is 9.73. The van der Waals surface area contributed by atoms with E-state index in [0.29, 0.717) is 5.92 Å². The zero-order chi connectivity index (χ0) is 12.5. The Morgan fingerprint density at radius 3 is 2.76 bits per heavy atom. The molecule has 0 aromatic carbocycles. The van der Waals surface area contributed by atoms with Crippen LogP contribution in [0.25, 0.3) is 0 Å². The molecule has 2 N–H and O–H groups in total. The second-order valence-electron chi connectivity index (χ2n) is 5.47. The Kier molecular flexibility index (Phi) is 3.09. The second kappa shape index (κ2) is 4.39. The number of nitrogens with one attached hydrogen (secondary N) is 2. The molecule has 1 aromatic heterocycles. The van der Waals surface area contributed by atoms with E-state index in [2.05, 4.69) is 15.5 Å². The molecule has 0 saturated heterocycles. The van der Waals surface area contributed by atoms with Crippen LogP contribution < -0.4 is 5.32 Å². The van der Waals surface area contributed by atoms with Gasteiger partial charge in [-0.1, -0.05) is 0 Å². The largest absolute Gasteiger partial charge is 0.444 e. The fourth-order valence-corrected chi connectivity index (χ4v) is 1.75. The van der Waals surface area contributed by atoms with Gasteiger partial charge in [0, 0.05) is 6.20 Å². The van der Waals surface area contributed by atoms with Gasteiger partial charge in [-0.25, -0.2) is 4.79 Å². The van der Waals surface area contributed by atoms with Crippen molar-refractivity contribution in [3.8, 4) is 0 Å². The highest BCUT2D eigenvalue weighted by Gasteiger charge is 2.35. The normalized spacial score (nSPS) is 17.6. The molecule has 0 bridgehead atoms. The van der Waals surface area contributed by atoms with Gasteiger partial charge in [-0.3, -0.25) is 5.10 Å². The topological polar surface area (TPSA) is 67.0 Å². The Labute approximate surface area is 101 Å². The van der Waals surface area contributed by atoms with E-state index in [9.17, 15) is 4.79 Å². The van der Waals surface area contributed by atoms with Crippen molar-refractivity contribution in [3.63, 3.8) is 0 Å². The third-order valence-corrected chi connectivity index (χ3v) is 2.62. The third kappa shape index (κ3) is 3.47. The Bertz CT molecular complexity index is 377. The molecule has 1 amide bonds. The number of aromatic nitrogens is 2. The molecule has 1 atom stereocenters. The molecule has 1 fully saturated rings. The number of amides is 1. The van der Waals surface area contributed by atoms with E-state index >= 15 is 0 Å². The summed E-state index contributed by atoms with van der Waals surface area (Å²) in [5.41, 5.74) is 0.477. The first-order valence-corrected chi connectivity index (χ1v) is 5.94. The fraction of sp³-hybridized carbons (Fsp3) is 0.667. The lowest BCUT2D eigenvalue weighted by Gasteiger charge is -2.23. The van der Waals surface area contributed by atoms with Gasteiger partial charge in [-0.2, -0.15) is 5.10 Å². The Hall–Kier alpha value is -1.52. The van der Waals surface area contributed by atoms with E-state index in [0.717, 1.165) is 18.5 Å². The first-order chi connectivity index (χ1) is 7.96. The predicted molar refractivity (Wildman–Crippen MR) is 63.4 cm³/mol. The molecule has 1 heterocycles. The van der Waals surface area contributed by atoms with Crippen LogP contribution in [-0.4, -0.2) is 21.9 Å². The van der Waals surface area contributed by atoms with Crippen LogP contribution in [0.15, 0.2) is 12.3 Å². The molecule has 0 spiro atoms. The van der Waals surface area contributed by atoms with Crippen LogP contribution in [0.3, 0.4) is 0 Å². The molecule has 1 saturated carbocycles. The molecular weight excluding hydrogens is 218 g/mol. The number of carbonyl (C=O) groups is 1. The molecule has 1 aliphatic rings. The Morgan fingerprint density at radius 1 is 1.59 bits per heavy atom. The highest BCUT2D eigenvalue weighted by molar-refractivity contribution is 5.68. The number of nitrogens with zero attached hydrogens (tertiary/aromatic N) is 1. The molecule has 0 unspecified atom stereocenters. The lowest BCUT2D eigenvalue weighted by Crippen LogP contribution is -2.35. The number of hydrogen-bond donors (Lipinski definition) is 2. The van der Waals surface area contributed by atoms with E-state index in [1.54, 1.807) is 6.20 Å². The molecule has 5 nitrogen and oxygen atoms in total. The van der Waals surface area contributed by atoms with Crippen LogP contribution in [0.1, 0.15) is 45.3 Å². The smallest absolute Gasteiger partial charge is 0.408 e. The van der Waals surface area contributed by atoms with Gasteiger partial charge in [0.05, 0.1) is 11.7 Å². The van der Waals surface area contributed by atoms with Crippen molar-refractivity contribution in [2.24, 2.45) is 5.92 Å². The maximum atomic E-state index is 11.7. The average molecular weight is 237 g/mol. The van der Waals surface area contributed by atoms with Crippen LogP contribution in [-0.2, 0) is 4.74 Å². The zero-order valence-electron chi connectivity index (χ0n) is 10.5. The molecule has 1 aliphatic carbocycles. The number of H-pyrrole nitrogens is 1. The minimum atomic E-state index is -0.466. The summed E-state index contributed by atoms with van der Waals surface area (Å²) in [7, 11) is 0. The van der Waals surface area contributed by atoms with Crippen LogP contribution >= 0.6 is 0 Å². The molecule has 17 heavy (non-hydrogen) atoms. The molecule has 0 aliphatic heterocycles. The van der Waals surface area contributed by atoms with Crippen molar-refractivity contribution in [3.05, 3.63) is 18.0 Å². The fourth-order valence-electron chi connectivity index (χ4n) is 1.75. The van der Waals surface area contributed by atoms with Crippen molar-refractivity contribution in [1.82, 2.24) is 15.5 Å². The number of hydrogen-bond acceptors (Lipinski definition) is 3. The quantitative estimate of drug-likeness (QED) is 0.848. The average Bonchev–Trinajstić information content (AvgIpc) is 2.87. The van der Waals surface area contributed by atoms with E-state index < -0.39 is 5.60 Å². The Balaban J connectivity index is 1.97. The number of alkyl carbamates (subject to hydrolysis) is 1. The molecule has 0 radical (unpaired) electrons. The van der Waals surface area contributed by atoms with Gasteiger partial charge in [0.2, 0.25) is 0 Å². The first kappa shape index (κ1) is 12.0. The summed E-state index contributed by atoms with van der Waals surface area (Å²) in [6.07, 6.45) is 3.60.